The summed E-state index contributed by atoms with van der Waals surface area (Å²) >= 11 is 0. The molecule has 1 unspecified atom stereocenters. The Hall–Kier alpha value is -2.62. The van der Waals surface area contributed by atoms with Crippen molar-refractivity contribution in [2.45, 2.75) is 59.8 Å². The molecule has 0 fully saturated rings. The molecule has 4 heteroatoms. The van der Waals surface area contributed by atoms with Crippen molar-refractivity contribution in [2.24, 2.45) is 0 Å². The minimum absolute atomic E-state index is 0.400. The number of H-pyrrole nitrogens is 1. The van der Waals surface area contributed by atoms with Crippen LogP contribution in [0.1, 0.15) is 59.1 Å². The summed E-state index contributed by atoms with van der Waals surface area (Å²) in [4.78, 5) is 0. The number of aromatic amines is 1. The van der Waals surface area contributed by atoms with Crippen molar-refractivity contribution < 1.29 is 4.74 Å². The highest BCUT2D eigenvalue weighted by molar-refractivity contribution is 5.56. The third-order valence-corrected chi connectivity index (χ3v) is 5.65. The summed E-state index contributed by atoms with van der Waals surface area (Å²) in [5.41, 5.74) is 7.81. The summed E-state index contributed by atoms with van der Waals surface area (Å²) in [6.45, 7) is 11.0. The van der Waals surface area contributed by atoms with Gasteiger partial charge in [0.1, 0.15) is 11.9 Å². The molecule has 1 aromatic heterocycles. The van der Waals surface area contributed by atoms with Crippen molar-refractivity contribution >= 4 is 0 Å². The lowest BCUT2D eigenvalue weighted by Crippen LogP contribution is -2.11. The molecule has 1 N–H and O–H groups in total. The molecule has 0 bridgehead atoms. The van der Waals surface area contributed by atoms with Gasteiger partial charge in [0.05, 0.1) is 0 Å². The van der Waals surface area contributed by atoms with Gasteiger partial charge in [-0.1, -0.05) is 43.7 Å². The van der Waals surface area contributed by atoms with E-state index in [1.165, 1.54) is 33.4 Å². The van der Waals surface area contributed by atoms with Crippen LogP contribution in [0.15, 0.2) is 36.5 Å². The first-order valence-electron chi connectivity index (χ1n) is 9.70. The monoisotopic (exact) mass is 363 g/mol. The maximum absolute atomic E-state index is 6.26. The van der Waals surface area contributed by atoms with E-state index in [4.69, 9.17) is 4.74 Å². The third kappa shape index (κ3) is 4.05. The van der Waals surface area contributed by atoms with E-state index in [2.05, 4.69) is 80.4 Å². The lowest BCUT2D eigenvalue weighted by atomic mass is 9.81. The van der Waals surface area contributed by atoms with Gasteiger partial charge in [-0.2, -0.15) is 10.3 Å². The number of hydrogen-bond donors (Lipinski definition) is 1. The van der Waals surface area contributed by atoms with Gasteiger partial charge in [0.15, 0.2) is 0 Å². The van der Waals surface area contributed by atoms with Crippen LogP contribution in [0.4, 0.5) is 0 Å². The van der Waals surface area contributed by atoms with E-state index in [1.54, 1.807) is 6.20 Å². The average molecular weight is 364 g/mol. The fourth-order valence-electron chi connectivity index (χ4n) is 3.87. The molecular formula is C23H29N3O. The largest absolute Gasteiger partial charge is 0.436 e. The van der Waals surface area contributed by atoms with Gasteiger partial charge >= 0.3 is 0 Å². The molecule has 2 aromatic carbocycles. The van der Waals surface area contributed by atoms with Crippen molar-refractivity contribution in [3.8, 4) is 11.6 Å². The second kappa shape index (κ2) is 8.38. The number of nitrogens with zero attached hydrogens (tertiary/aromatic N) is 2. The molecule has 0 spiro atoms. The molecule has 0 aliphatic carbocycles. The van der Waals surface area contributed by atoms with Crippen LogP contribution >= 0.6 is 0 Å². The summed E-state index contributed by atoms with van der Waals surface area (Å²) < 4.78 is 6.26. The SMILES string of the molecule is CCCC(Cc1ccccc1)c1c(C)c(C)c(C)c(C)c1Oc1cn[nH]n1. The van der Waals surface area contributed by atoms with Crippen molar-refractivity contribution in [1.29, 1.82) is 0 Å². The molecule has 0 aliphatic rings. The molecule has 0 aliphatic heterocycles. The normalized spacial score (nSPS) is 12.2. The molecule has 0 amide bonds. The number of ether oxygens (including phenoxy) is 1. The van der Waals surface area contributed by atoms with Gasteiger partial charge in [-0.3, -0.25) is 0 Å². The Labute approximate surface area is 162 Å². The van der Waals surface area contributed by atoms with E-state index in [1.807, 2.05) is 0 Å². The van der Waals surface area contributed by atoms with Crippen molar-refractivity contribution in [3.05, 3.63) is 69.9 Å². The molecule has 1 atom stereocenters. The first-order valence-corrected chi connectivity index (χ1v) is 9.70. The van der Waals surface area contributed by atoms with Gasteiger partial charge in [0, 0.05) is 5.56 Å². The smallest absolute Gasteiger partial charge is 0.258 e. The highest BCUT2D eigenvalue weighted by Crippen LogP contribution is 2.42. The number of rotatable bonds is 7. The average Bonchev–Trinajstić information content (AvgIpc) is 3.18. The van der Waals surface area contributed by atoms with E-state index >= 15 is 0 Å². The highest BCUT2D eigenvalue weighted by atomic mass is 16.5. The Kier molecular flexibility index (Phi) is 5.94. The van der Waals surface area contributed by atoms with Crippen LogP contribution in [0, 0.1) is 27.7 Å². The van der Waals surface area contributed by atoms with Crippen LogP contribution in [-0.4, -0.2) is 15.4 Å². The minimum Gasteiger partial charge on any atom is -0.436 e. The molecule has 1 heterocycles. The molecule has 3 rings (SSSR count). The number of nitrogens with one attached hydrogen (secondary N) is 1. The Balaban J connectivity index is 2.12. The summed E-state index contributed by atoms with van der Waals surface area (Å²) in [6.07, 6.45) is 4.88. The zero-order chi connectivity index (χ0) is 19.4. The van der Waals surface area contributed by atoms with Gasteiger partial charge in [-0.15, -0.1) is 5.10 Å². The summed E-state index contributed by atoms with van der Waals surface area (Å²) in [6, 6.07) is 10.7. The maximum Gasteiger partial charge on any atom is 0.258 e. The lowest BCUT2D eigenvalue weighted by molar-refractivity contribution is 0.441. The van der Waals surface area contributed by atoms with Crippen LogP contribution in [-0.2, 0) is 6.42 Å². The lowest BCUT2D eigenvalue weighted by Gasteiger charge is -2.26. The van der Waals surface area contributed by atoms with Gasteiger partial charge in [-0.25, -0.2) is 0 Å². The van der Waals surface area contributed by atoms with Crippen molar-refractivity contribution in [2.75, 3.05) is 0 Å². The second-order valence-corrected chi connectivity index (χ2v) is 7.33. The number of benzene rings is 2. The summed E-state index contributed by atoms with van der Waals surface area (Å²) in [5, 5.41) is 10.6. The van der Waals surface area contributed by atoms with Crippen LogP contribution < -0.4 is 4.74 Å². The molecule has 0 saturated heterocycles. The maximum atomic E-state index is 6.26. The summed E-state index contributed by atoms with van der Waals surface area (Å²) in [5.74, 6) is 1.85. The Morgan fingerprint density at radius 2 is 1.67 bits per heavy atom. The zero-order valence-corrected chi connectivity index (χ0v) is 17.0. The quantitative estimate of drug-likeness (QED) is 0.564. The predicted molar refractivity (Wildman–Crippen MR) is 110 cm³/mol. The van der Waals surface area contributed by atoms with Gasteiger partial charge in [-0.05, 0) is 74.3 Å². The Bertz CT molecular complexity index is 886. The molecular weight excluding hydrogens is 334 g/mol. The van der Waals surface area contributed by atoms with Crippen molar-refractivity contribution in [3.63, 3.8) is 0 Å². The number of hydrogen-bond acceptors (Lipinski definition) is 3. The topological polar surface area (TPSA) is 50.8 Å². The Morgan fingerprint density at radius 1 is 0.963 bits per heavy atom. The van der Waals surface area contributed by atoms with Gasteiger partial charge in [0.25, 0.3) is 5.88 Å². The molecule has 27 heavy (non-hydrogen) atoms. The predicted octanol–water partition coefficient (Wildman–Crippen LogP) is 5.96. The molecule has 4 nitrogen and oxygen atoms in total. The van der Waals surface area contributed by atoms with E-state index in [0.717, 1.165) is 25.0 Å². The molecule has 142 valence electrons. The fourth-order valence-corrected chi connectivity index (χ4v) is 3.87. The minimum atomic E-state index is 0.400. The van der Waals surface area contributed by atoms with Crippen LogP contribution in [0.3, 0.4) is 0 Å². The Morgan fingerprint density at radius 3 is 2.30 bits per heavy atom. The van der Waals surface area contributed by atoms with Crippen LogP contribution in [0.25, 0.3) is 0 Å². The second-order valence-electron chi connectivity index (χ2n) is 7.33. The fraction of sp³-hybridized carbons (Fsp3) is 0.391. The number of aromatic nitrogens is 3. The molecule has 3 aromatic rings. The van der Waals surface area contributed by atoms with Gasteiger partial charge < -0.3 is 4.74 Å². The highest BCUT2D eigenvalue weighted by Gasteiger charge is 2.24. The van der Waals surface area contributed by atoms with Crippen molar-refractivity contribution in [1.82, 2.24) is 15.4 Å². The van der Waals surface area contributed by atoms with E-state index in [-0.39, 0.29) is 0 Å². The summed E-state index contributed by atoms with van der Waals surface area (Å²) in [7, 11) is 0. The molecule has 0 saturated carbocycles. The third-order valence-electron chi connectivity index (χ3n) is 5.65. The standard InChI is InChI=1S/C23H29N3O/c1-6-10-20(13-19-11-8-7-9-12-19)22-17(4)15(2)16(3)18(5)23(22)27-21-14-24-26-25-21/h7-9,11-12,14,20H,6,10,13H2,1-5H3,(H,24,25,26). The first-order chi connectivity index (χ1) is 13.0. The van der Waals surface area contributed by atoms with E-state index in [9.17, 15) is 0 Å². The van der Waals surface area contributed by atoms with Gasteiger partial charge in [0.2, 0.25) is 0 Å². The van der Waals surface area contributed by atoms with Crippen LogP contribution in [0.5, 0.6) is 11.6 Å². The zero-order valence-electron chi connectivity index (χ0n) is 17.0. The van der Waals surface area contributed by atoms with E-state index < -0.39 is 0 Å². The molecule has 0 radical (unpaired) electrons. The first kappa shape index (κ1) is 19.2. The van der Waals surface area contributed by atoms with E-state index in [0.29, 0.717) is 11.8 Å². The van der Waals surface area contributed by atoms with Crippen LogP contribution in [0.2, 0.25) is 0 Å².